The van der Waals surface area contributed by atoms with Gasteiger partial charge in [0.1, 0.15) is 6.04 Å². The van der Waals surface area contributed by atoms with Gasteiger partial charge in [0.25, 0.3) is 0 Å². The molecule has 102 valence electrons. The predicted octanol–water partition coefficient (Wildman–Crippen LogP) is 1.18. The second kappa shape index (κ2) is 6.31. The molecule has 1 atom stereocenters. The standard InChI is InChI=1S/C14H18N2O3/c1-19-14(18)12-6-4-10-16(12)13(17)8-7-11-5-2-3-9-15-11/h2-3,5,9,12H,4,6-8,10H2,1H3. The summed E-state index contributed by atoms with van der Waals surface area (Å²) < 4.78 is 4.73. The number of ether oxygens (including phenoxy) is 1. The molecule has 2 heterocycles. The molecular formula is C14H18N2O3. The van der Waals surface area contributed by atoms with Gasteiger partial charge in [0, 0.05) is 24.9 Å². The van der Waals surface area contributed by atoms with Crippen LogP contribution in [0.15, 0.2) is 24.4 Å². The quantitative estimate of drug-likeness (QED) is 0.764. The van der Waals surface area contributed by atoms with Crippen molar-refractivity contribution < 1.29 is 14.3 Å². The molecule has 1 saturated heterocycles. The third-order valence-corrected chi connectivity index (χ3v) is 3.37. The summed E-state index contributed by atoms with van der Waals surface area (Å²) in [5.41, 5.74) is 0.893. The Morgan fingerprint density at radius 1 is 1.47 bits per heavy atom. The lowest BCUT2D eigenvalue weighted by Gasteiger charge is -2.22. The van der Waals surface area contributed by atoms with Crippen molar-refractivity contribution in [3.63, 3.8) is 0 Å². The largest absolute Gasteiger partial charge is 0.467 e. The fraction of sp³-hybridized carbons (Fsp3) is 0.500. The molecule has 0 bridgehead atoms. The highest BCUT2D eigenvalue weighted by atomic mass is 16.5. The van der Waals surface area contributed by atoms with Crippen LogP contribution in [0.2, 0.25) is 0 Å². The highest BCUT2D eigenvalue weighted by Crippen LogP contribution is 2.19. The van der Waals surface area contributed by atoms with Gasteiger partial charge in [-0.15, -0.1) is 0 Å². The number of rotatable bonds is 4. The van der Waals surface area contributed by atoms with Crippen LogP contribution in [-0.2, 0) is 20.7 Å². The summed E-state index contributed by atoms with van der Waals surface area (Å²) in [4.78, 5) is 29.5. The lowest BCUT2D eigenvalue weighted by molar-refractivity contribution is -0.150. The Morgan fingerprint density at radius 3 is 3.00 bits per heavy atom. The topological polar surface area (TPSA) is 59.5 Å². The summed E-state index contributed by atoms with van der Waals surface area (Å²) in [6.45, 7) is 0.640. The Morgan fingerprint density at radius 2 is 2.32 bits per heavy atom. The highest BCUT2D eigenvalue weighted by Gasteiger charge is 2.34. The van der Waals surface area contributed by atoms with E-state index < -0.39 is 6.04 Å². The number of pyridine rings is 1. The number of carbonyl (C=O) groups is 2. The van der Waals surface area contributed by atoms with Crippen molar-refractivity contribution >= 4 is 11.9 Å². The second-order valence-electron chi connectivity index (χ2n) is 4.59. The molecule has 1 aliphatic rings. The lowest BCUT2D eigenvalue weighted by atomic mass is 10.2. The maximum absolute atomic E-state index is 12.1. The van der Waals surface area contributed by atoms with E-state index in [-0.39, 0.29) is 11.9 Å². The Kier molecular flexibility index (Phi) is 4.49. The third kappa shape index (κ3) is 3.30. The molecule has 1 aromatic heterocycles. The van der Waals surface area contributed by atoms with Gasteiger partial charge in [-0.05, 0) is 31.4 Å². The van der Waals surface area contributed by atoms with Crippen LogP contribution in [0.1, 0.15) is 25.0 Å². The third-order valence-electron chi connectivity index (χ3n) is 3.37. The van der Waals surface area contributed by atoms with E-state index in [4.69, 9.17) is 4.74 Å². The van der Waals surface area contributed by atoms with Gasteiger partial charge in [0.2, 0.25) is 5.91 Å². The van der Waals surface area contributed by atoms with Gasteiger partial charge in [0.15, 0.2) is 0 Å². The minimum atomic E-state index is -0.402. The second-order valence-corrected chi connectivity index (χ2v) is 4.59. The molecular weight excluding hydrogens is 244 g/mol. The van der Waals surface area contributed by atoms with Crippen LogP contribution in [0.5, 0.6) is 0 Å². The van der Waals surface area contributed by atoms with Crippen LogP contribution in [0.3, 0.4) is 0 Å². The number of likely N-dealkylation sites (tertiary alicyclic amines) is 1. The molecule has 0 aromatic carbocycles. The molecule has 1 aromatic rings. The van der Waals surface area contributed by atoms with E-state index in [0.717, 1.165) is 12.1 Å². The van der Waals surface area contributed by atoms with Crippen LogP contribution < -0.4 is 0 Å². The number of aryl methyl sites for hydroxylation is 1. The average Bonchev–Trinajstić information content (AvgIpc) is 2.94. The van der Waals surface area contributed by atoms with Gasteiger partial charge >= 0.3 is 5.97 Å². The molecule has 1 amide bonds. The zero-order chi connectivity index (χ0) is 13.7. The first-order valence-electron chi connectivity index (χ1n) is 6.49. The molecule has 5 nitrogen and oxygen atoms in total. The van der Waals surface area contributed by atoms with Gasteiger partial charge in [-0.2, -0.15) is 0 Å². The molecule has 1 fully saturated rings. The Bertz CT molecular complexity index is 447. The van der Waals surface area contributed by atoms with E-state index in [2.05, 4.69) is 4.98 Å². The summed E-state index contributed by atoms with van der Waals surface area (Å²) in [7, 11) is 1.36. The zero-order valence-corrected chi connectivity index (χ0v) is 11.0. The van der Waals surface area contributed by atoms with Crippen LogP contribution in [0.25, 0.3) is 0 Å². The normalized spacial score (nSPS) is 18.4. The lowest BCUT2D eigenvalue weighted by Crippen LogP contribution is -2.41. The van der Waals surface area contributed by atoms with E-state index in [9.17, 15) is 9.59 Å². The van der Waals surface area contributed by atoms with Crippen molar-refractivity contribution in [3.8, 4) is 0 Å². The van der Waals surface area contributed by atoms with Crippen molar-refractivity contribution in [3.05, 3.63) is 30.1 Å². The SMILES string of the molecule is COC(=O)C1CCCN1C(=O)CCc1ccccn1. The molecule has 1 aliphatic heterocycles. The Balaban J connectivity index is 1.90. The molecule has 0 aliphatic carbocycles. The van der Waals surface area contributed by atoms with Crippen LogP contribution in [0.4, 0.5) is 0 Å². The van der Waals surface area contributed by atoms with E-state index >= 15 is 0 Å². The molecule has 19 heavy (non-hydrogen) atoms. The molecule has 0 spiro atoms. The van der Waals surface area contributed by atoms with Crippen molar-refractivity contribution in [2.45, 2.75) is 31.7 Å². The van der Waals surface area contributed by atoms with Crippen molar-refractivity contribution in [1.82, 2.24) is 9.88 Å². The van der Waals surface area contributed by atoms with Crippen molar-refractivity contribution in [2.24, 2.45) is 0 Å². The van der Waals surface area contributed by atoms with E-state index in [1.54, 1.807) is 11.1 Å². The number of hydrogen-bond acceptors (Lipinski definition) is 4. The van der Waals surface area contributed by atoms with Gasteiger partial charge in [-0.25, -0.2) is 4.79 Å². The predicted molar refractivity (Wildman–Crippen MR) is 69.3 cm³/mol. The highest BCUT2D eigenvalue weighted by molar-refractivity contribution is 5.85. The number of esters is 1. The first-order valence-corrected chi connectivity index (χ1v) is 6.49. The fourth-order valence-corrected chi connectivity index (χ4v) is 2.37. The smallest absolute Gasteiger partial charge is 0.328 e. The molecule has 0 radical (unpaired) electrons. The summed E-state index contributed by atoms with van der Waals surface area (Å²) in [5, 5.41) is 0. The number of methoxy groups -OCH3 is 1. The van der Waals surface area contributed by atoms with E-state index in [0.29, 0.717) is 25.8 Å². The fourth-order valence-electron chi connectivity index (χ4n) is 2.37. The summed E-state index contributed by atoms with van der Waals surface area (Å²) >= 11 is 0. The van der Waals surface area contributed by atoms with Gasteiger partial charge in [-0.3, -0.25) is 9.78 Å². The molecule has 0 saturated carbocycles. The van der Waals surface area contributed by atoms with Crippen LogP contribution in [0, 0.1) is 0 Å². The maximum atomic E-state index is 12.1. The minimum absolute atomic E-state index is 0.00134. The minimum Gasteiger partial charge on any atom is -0.467 e. The summed E-state index contributed by atoms with van der Waals surface area (Å²) in [5.74, 6) is -0.317. The first kappa shape index (κ1) is 13.5. The monoisotopic (exact) mass is 262 g/mol. The Labute approximate surface area is 112 Å². The van der Waals surface area contributed by atoms with E-state index in [1.807, 2.05) is 18.2 Å². The zero-order valence-electron chi connectivity index (χ0n) is 11.0. The average molecular weight is 262 g/mol. The van der Waals surface area contributed by atoms with Gasteiger partial charge in [-0.1, -0.05) is 6.07 Å². The number of hydrogen-bond donors (Lipinski definition) is 0. The molecule has 0 N–H and O–H groups in total. The van der Waals surface area contributed by atoms with Crippen molar-refractivity contribution in [1.29, 1.82) is 0 Å². The first-order chi connectivity index (χ1) is 9.22. The molecule has 1 unspecified atom stereocenters. The van der Waals surface area contributed by atoms with Crippen LogP contribution >= 0.6 is 0 Å². The number of aromatic nitrogens is 1. The number of carbonyl (C=O) groups excluding carboxylic acids is 2. The van der Waals surface area contributed by atoms with Crippen LogP contribution in [-0.4, -0.2) is 41.5 Å². The summed E-state index contributed by atoms with van der Waals surface area (Å²) in [6.07, 6.45) is 4.25. The number of amides is 1. The van der Waals surface area contributed by atoms with Gasteiger partial charge < -0.3 is 9.64 Å². The van der Waals surface area contributed by atoms with Gasteiger partial charge in [0.05, 0.1) is 7.11 Å². The number of nitrogens with zero attached hydrogens (tertiary/aromatic N) is 2. The maximum Gasteiger partial charge on any atom is 0.328 e. The summed E-state index contributed by atoms with van der Waals surface area (Å²) in [6, 6.07) is 5.25. The van der Waals surface area contributed by atoms with E-state index in [1.165, 1.54) is 7.11 Å². The molecule has 2 rings (SSSR count). The molecule has 5 heteroatoms. The Hall–Kier alpha value is -1.91. The van der Waals surface area contributed by atoms with Crippen molar-refractivity contribution in [2.75, 3.05) is 13.7 Å².